The van der Waals surface area contributed by atoms with Crippen LogP contribution in [0, 0.1) is 0 Å². The summed E-state index contributed by atoms with van der Waals surface area (Å²) in [6.45, 7) is 13.3. The lowest BCUT2D eigenvalue weighted by atomic mass is 9.95. The number of nitrogens with zero attached hydrogens (tertiary/aromatic N) is 1. The number of phenols is 1. The standard InChI is InChI=1S/C26H43N3O5S/c1-9-10-15-27-22(31)21(18-12-11-13-19(30)17-18)29(25(2,3)4)23(32)20(14-16-35-8)28-24(33)34-26(5,6)7/h11-13,17,20-21,30H,9-10,14-16H2,1-8H3,(H,27,31)(H,28,33). The minimum absolute atomic E-state index is 0.000907. The molecule has 35 heavy (non-hydrogen) atoms. The zero-order chi connectivity index (χ0) is 26.8. The Bertz CT molecular complexity index is 848. The number of unbranched alkanes of at least 4 members (excludes halogenated alkanes) is 1. The van der Waals surface area contributed by atoms with E-state index in [1.54, 1.807) is 44.7 Å². The third-order valence-electron chi connectivity index (χ3n) is 5.08. The van der Waals surface area contributed by atoms with Crippen LogP contribution < -0.4 is 10.6 Å². The van der Waals surface area contributed by atoms with Crippen LogP contribution in [0.3, 0.4) is 0 Å². The quantitative estimate of drug-likeness (QED) is 0.376. The van der Waals surface area contributed by atoms with Crippen LogP contribution in [0.15, 0.2) is 24.3 Å². The molecule has 3 amide bonds. The third kappa shape index (κ3) is 10.4. The van der Waals surface area contributed by atoms with Crippen molar-refractivity contribution in [2.75, 3.05) is 18.6 Å². The van der Waals surface area contributed by atoms with Gasteiger partial charge in [0, 0.05) is 12.1 Å². The molecule has 1 aromatic rings. The molecule has 0 aliphatic carbocycles. The molecule has 8 nitrogen and oxygen atoms in total. The number of amides is 3. The number of ether oxygens (including phenoxy) is 1. The second kappa shape index (κ2) is 13.6. The number of phenolic OH excluding ortho intramolecular Hbond substituents is 1. The number of aromatic hydroxyl groups is 1. The van der Waals surface area contributed by atoms with Gasteiger partial charge in [-0.2, -0.15) is 11.8 Å². The van der Waals surface area contributed by atoms with E-state index in [4.69, 9.17) is 4.74 Å². The number of hydrogen-bond acceptors (Lipinski definition) is 6. The lowest BCUT2D eigenvalue weighted by Crippen LogP contribution is -2.58. The van der Waals surface area contributed by atoms with Gasteiger partial charge in [-0.3, -0.25) is 9.59 Å². The summed E-state index contributed by atoms with van der Waals surface area (Å²) in [4.78, 5) is 41.6. The summed E-state index contributed by atoms with van der Waals surface area (Å²) in [7, 11) is 0. The SMILES string of the molecule is CCCCNC(=O)C(c1cccc(O)c1)N(C(=O)C(CCSC)NC(=O)OC(C)(C)C)C(C)(C)C. The molecule has 198 valence electrons. The van der Waals surface area contributed by atoms with Gasteiger partial charge in [-0.05, 0) is 84.1 Å². The lowest BCUT2D eigenvalue weighted by Gasteiger charge is -2.43. The number of rotatable bonds is 11. The first-order valence-electron chi connectivity index (χ1n) is 12.1. The molecule has 3 N–H and O–H groups in total. The molecule has 0 fully saturated rings. The highest BCUT2D eigenvalue weighted by molar-refractivity contribution is 7.98. The number of carbonyl (C=O) groups is 3. The van der Waals surface area contributed by atoms with Crippen molar-refractivity contribution in [1.82, 2.24) is 15.5 Å². The molecule has 2 atom stereocenters. The van der Waals surface area contributed by atoms with Crippen LogP contribution in [0.1, 0.15) is 79.3 Å². The average Bonchev–Trinajstić information content (AvgIpc) is 2.72. The van der Waals surface area contributed by atoms with Crippen molar-refractivity contribution in [2.45, 2.75) is 91.0 Å². The van der Waals surface area contributed by atoms with E-state index < -0.39 is 35.2 Å². The summed E-state index contributed by atoms with van der Waals surface area (Å²) in [5.74, 6) is -0.102. The van der Waals surface area contributed by atoms with Crippen molar-refractivity contribution in [2.24, 2.45) is 0 Å². The maximum Gasteiger partial charge on any atom is 0.408 e. The van der Waals surface area contributed by atoms with E-state index in [9.17, 15) is 19.5 Å². The van der Waals surface area contributed by atoms with Crippen LogP contribution >= 0.6 is 11.8 Å². The average molecular weight is 510 g/mol. The summed E-state index contributed by atoms with van der Waals surface area (Å²) in [5.41, 5.74) is -1.00. The predicted octanol–water partition coefficient (Wildman–Crippen LogP) is 4.62. The molecule has 0 spiro atoms. The molecule has 0 saturated heterocycles. The first kappa shape index (κ1) is 30.6. The summed E-state index contributed by atoms with van der Waals surface area (Å²) in [5, 5.41) is 15.8. The van der Waals surface area contributed by atoms with Crippen molar-refractivity contribution in [3.8, 4) is 5.75 Å². The lowest BCUT2D eigenvalue weighted by molar-refractivity contribution is -0.148. The Kier molecular flexibility index (Phi) is 11.9. The molecule has 0 radical (unpaired) electrons. The van der Waals surface area contributed by atoms with Crippen LogP contribution in [0.25, 0.3) is 0 Å². The van der Waals surface area contributed by atoms with Gasteiger partial charge in [0.1, 0.15) is 23.4 Å². The van der Waals surface area contributed by atoms with E-state index in [2.05, 4.69) is 10.6 Å². The Hall–Kier alpha value is -2.42. The highest BCUT2D eigenvalue weighted by atomic mass is 32.2. The van der Waals surface area contributed by atoms with E-state index in [-0.39, 0.29) is 11.7 Å². The fourth-order valence-electron chi connectivity index (χ4n) is 3.55. The summed E-state index contributed by atoms with van der Waals surface area (Å²) < 4.78 is 5.40. The van der Waals surface area contributed by atoms with Gasteiger partial charge in [-0.25, -0.2) is 4.79 Å². The van der Waals surface area contributed by atoms with Crippen molar-refractivity contribution >= 4 is 29.7 Å². The molecule has 0 aromatic heterocycles. The number of alkyl carbamates (subject to hydrolysis) is 1. The molecular formula is C26H43N3O5S. The highest BCUT2D eigenvalue weighted by Gasteiger charge is 2.41. The minimum atomic E-state index is -0.997. The number of nitrogens with one attached hydrogen (secondary N) is 2. The summed E-state index contributed by atoms with van der Waals surface area (Å²) in [6, 6.07) is 4.49. The van der Waals surface area contributed by atoms with Crippen LogP contribution in [-0.2, 0) is 14.3 Å². The van der Waals surface area contributed by atoms with Crippen LogP contribution in [0.5, 0.6) is 5.75 Å². The van der Waals surface area contributed by atoms with Gasteiger partial charge in [0.2, 0.25) is 11.8 Å². The molecule has 0 saturated carbocycles. The van der Waals surface area contributed by atoms with Crippen LogP contribution in [0.4, 0.5) is 4.79 Å². The minimum Gasteiger partial charge on any atom is -0.508 e. The smallest absolute Gasteiger partial charge is 0.408 e. The molecule has 0 bridgehead atoms. The molecule has 0 aliphatic heterocycles. The Labute approximate surface area is 214 Å². The van der Waals surface area contributed by atoms with Gasteiger partial charge >= 0.3 is 6.09 Å². The number of carbonyl (C=O) groups excluding carboxylic acids is 3. The van der Waals surface area contributed by atoms with Crippen molar-refractivity contribution in [3.05, 3.63) is 29.8 Å². The molecule has 0 aliphatic rings. The van der Waals surface area contributed by atoms with Gasteiger partial charge in [-0.15, -0.1) is 0 Å². The molecule has 9 heteroatoms. The van der Waals surface area contributed by atoms with Crippen LogP contribution in [-0.4, -0.2) is 63.6 Å². The van der Waals surface area contributed by atoms with E-state index in [1.165, 1.54) is 17.0 Å². The maximum atomic E-state index is 14.0. The second-order valence-corrected chi connectivity index (χ2v) is 11.5. The molecule has 1 rings (SSSR count). The fraction of sp³-hybridized carbons (Fsp3) is 0.654. The number of benzene rings is 1. The largest absolute Gasteiger partial charge is 0.508 e. The third-order valence-corrected chi connectivity index (χ3v) is 5.73. The van der Waals surface area contributed by atoms with Gasteiger partial charge in [0.05, 0.1) is 0 Å². The summed E-state index contributed by atoms with van der Waals surface area (Å²) in [6.07, 6.45) is 3.32. The zero-order valence-electron chi connectivity index (χ0n) is 22.4. The van der Waals surface area contributed by atoms with E-state index in [0.717, 1.165) is 12.8 Å². The first-order valence-corrected chi connectivity index (χ1v) is 13.5. The van der Waals surface area contributed by atoms with Gasteiger partial charge in [0.15, 0.2) is 0 Å². The predicted molar refractivity (Wildman–Crippen MR) is 142 cm³/mol. The molecular weight excluding hydrogens is 466 g/mol. The molecule has 1 aromatic carbocycles. The normalized spacial score (nSPS) is 13.5. The monoisotopic (exact) mass is 509 g/mol. The Morgan fingerprint density at radius 1 is 1.14 bits per heavy atom. The first-order chi connectivity index (χ1) is 16.2. The molecule has 0 heterocycles. The Balaban J connectivity index is 3.48. The fourth-order valence-corrected chi connectivity index (χ4v) is 4.02. The topological polar surface area (TPSA) is 108 Å². The van der Waals surface area contributed by atoms with Gasteiger partial charge < -0.3 is 25.4 Å². The number of thioether (sulfide) groups is 1. The Morgan fingerprint density at radius 3 is 2.31 bits per heavy atom. The Morgan fingerprint density at radius 2 is 1.80 bits per heavy atom. The van der Waals surface area contributed by atoms with Crippen molar-refractivity contribution in [1.29, 1.82) is 0 Å². The van der Waals surface area contributed by atoms with Crippen LogP contribution in [0.2, 0.25) is 0 Å². The van der Waals surface area contributed by atoms with Gasteiger partial charge in [0.25, 0.3) is 0 Å². The molecule has 2 unspecified atom stereocenters. The van der Waals surface area contributed by atoms with E-state index in [0.29, 0.717) is 24.3 Å². The van der Waals surface area contributed by atoms with Crippen molar-refractivity contribution in [3.63, 3.8) is 0 Å². The van der Waals surface area contributed by atoms with E-state index in [1.807, 2.05) is 34.0 Å². The summed E-state index contributed by atoms with van der Waals surface area (Å²) >= 11 is 1.56. The maximum absolute atomic E-state index is 14.0. The number of hydrogen-bond donors (Lipinski definition) is 3. The van der Waals surface area contributed by atoms with E-state index >= 15 is 0 Å². The van der Waals surface area contributed by atoms with Crippen molar-refractivity contribution < 1.29 is 24.2 Å². The van der Waals surface area contributed by atoms with Gasteiger partial charge in [-0.1, -0.05) is 25.5 Å². The second-order valence-electron chi connectivity index (χ2n) is 10.5. The highest BCUT2D eigenvalue weighted by Crippen LogP contribution is 2.32. The zero-order valence-corrected chi connectivity index (χ0v) is 23.3.